The molecule has 0 aliphatic carbocycles. The largest absolute Gasteiger partial charge is 0.381 e. The van der Waals surface area contributed by atoms with Crippen LogP contribution in [0.2, 0.25) is 0 Å². The quantitative estimate of drug-likeness (QED) is 0.898. The molecule has 1 aliphatic rings. The Balaban J connectivity index is 2.28. The Morgan fingerprint density at radius 3 is 2.67 bits per heavy atom. The number of ether oxygens (including phenoxy) is 1. The SMILES string of the molecule is C[C@@H](N)c1c(F)cccc1N(C)C1CCOCC1. The maximum absolute atomic E-state index is 13.9. The van der Waals surface area contributed by atoms with E-state index >= 15 is 0 Å². The molecule has 100 valence electrons. The molecule has 1 aliphatic heterocycles. The van der Waals surface area contributed by atoms with Crippen molar-refractivity contribution < 1.29 is 9.13 Å². The summed E-state index contributed by atoms with van der Waals surface area (Å²) in [6, 6.07) is 5.26. The van der Waals surface area contributed by atoms with E-state index in [-0.39, 0.29) is 11.9 Å². The van der Waals surface area contributed by atoms with E-state index in [9.17, 15) is 4.39 Å². The van der Waals surface area contributed by atoms with Crippen molar-refractivity contribution in [3.05, 3.63) is 29.6 Å². The van der Waals surface area contributed by atoms with Crippen LogP contribution in [-0.2, 0) is 4.74 Å². The lowest BCUT2D eigenvalue weighted by Crippen LogP contribution is -2.37. The number of nitrogens with two attached hydrogens (primary N) is 1. The van der Waals surface area contributed by atoms with Gasteiger partial charge in [-0.2, -0.15) is 0 Å². The van der Waals surface area contributed by atoms with Crippen LogP contribution < -0.4 is 10.6 Å². The lowest BCUT2D eigenvalue weighted by molar-refractivity contribution is 0.0854. The zero-order valence-electron chi connectivity index (χ0n) is 11.0. The maximum atomic E-state index is 13.9. The van der Waals surface area contributed by atoms with Crippen LogP contribution in [0.15, 0.2) is 18.2 Å². The van der Waals surface area contributed by atoms with Crippen LogP contribution in [0, 0.1) is 5.82 Å². The average molecular weight is 252 g/mol. The summed E-state index contributed by atoms with van der Waals surface area (Å²) in [6.07, 6.45) is 1.96. The smallest absolute Gasteiger partial charge is 0.130 e. The van der Waals surface area contributed by atoms with Crippen molar-refractivity contribution in [3.63, 3.8) is 0 Å². The molecule has 2 N–H and O–H groups in total. The number of benzene rings is 1. The van der Waals surface area contributed by atoms with Gasteiger partial charge >= 0.3 is 0 Å². The van der Waals surface area contributed by atoms with Gasteiger partial charge in [-0.25, -0.2) is 4.39 Å². The first-order valence-corrected chi connectivity index (χ1v) is 6.46. The summed E-state index contributed by atoms with van der Waals surface area (Å²) >= 11 is 0. The van der Waals surface area contributed by atoms with E-state index in [1.165, 1.54) is 6.07 Å². The summed E-state index contributed by atoms with van der Waals surface area (Å²) in [5.41, 5.74) is 7.39. The molecule has 4 heteroatoms. The van der Waals surface area contributed by atoms with Gasteiger partial charge in [0.1, 0.15) is 5.82 Å². The molecule has 1 aromatic carbocycles. The number of anilines is 1. The molecular weight excluding hydrogens is 231 g/mol. The van der Waals surface area contributed by atoms with Gasteiger partial charge in [0, 0.05) is 43.6 Å². The fourth-order valence-corrected chi connectivity index (χ4v) is 2.55. The highest BCUT2D eigenvalue weighted by molar-refractivity contribution is 5.55. The summed E-state index contributed by atoms with van der Waals surface area (Å²) in [6.45, 7) is 3.37. The number of hydrogen-bond donors (Lipinski definition) is 1. The highest BCUT2D eigenvalue weighted by Crippen LogP contribution is 2.30. The molecule has 3 nitrogen and oxygen atoms in total. The van der Waals surface area contributed by atoms with Gasteiger partial charge in [-0.3, -0.25) is 0 Å². The molecule has 0 radical (unpaired) electrons. The van der Waals surface area contributed by atoms with Crippen LogP contribution in [0.3, 0.4) is 0 Å². The molecule has 1 fully saturated rings. The molecule has 0 saturated carbocycles. The first-order valence-electron chi connectivity index (χ1n) is 6.46. The van der Waals surface area contributed by atoms with Crippen molar-refractivity contribution in [2.75, 3.05) is 25.2 Å². The summed E-state index contributed by atoms with van der Waals surface area (Å²) in [5.74, 6) is -0.221. The van der Waals surface area contributed by atoms with E-state index in [1.54, 1.807) is 6.07 Å². The van der Waals surface area contributed by atoms with Crippen LogP contribution >= 0.6 is 0 Å². The maximum Gasteiger partial charge on any atom is 0.130 e. The van der Waals surface area contributed by atoms with Crippen molar-refractivity contribution in [3.8, 4) is 0 Å². The fourth-order valence-electron chi connectivity index (χ4n) is 2.55. The Morgan fingerprint density at radius 2 is 2.06 bits per heavy atom. The third-order valence-corrected chi connectivity index (χ3v) is 3.60. The predicted octanol–water partition coefficient (Wildman–Crippen LogP) is 2.46. The van der Waals surface area contributed by atoms with Gasteiger partial charge in [0.05, 0.1) is 0 Å². The zero-order valence-corrected chi connectivity index (χ0v) is 11.0. The van der Waals surface area contributed by atoms with Gasteiger partial charge in [-0.15, -0.1) is 0 Å². The molecule has 1 heterocycles. The number of rotatable bonds is 3. The fraction of sp³-hybridized carbons (Fsp3) is 0.571. The molecule has 2 rings (SSSR count). The molecule has 0 unspecified atom stereocenters. The second-order valence-corrected chi connectivity index (χ2v) is 4.92. The van der Waals surface area contributed by atoms with Gasteiger partial charge in [-0.1, -0.05) is 6.07 Å². The van der Waals surface area contributed by atoms with Gasteiger partial charge in [-0.05, 0) is 31.9 Å². The normalized spacial score (nSPS) is 18.7. The zero-order chi connectivity index (χ0) is 13.1. The number of nitrogens with zero attached hydrogens (tertiary/aromatic N) is 1. The van der Waals surface area contributed by atoms with Crippen molar-refractivity contribution >= 4 is 5.69 Å². The Kier molecular flexibility index (Phi) is 4.19. The number of hydrogen-bond acceptors (Lipinski definition) is 3. The monoisotopic (exact) mass is 252 g/mol. The molecule has 0 bridgehead atoms. The average Bonchev–Trinajstić information content (AvgIpc) is 2.38. The molecule has 1 atom stereocenters. The van der Waals surface area contributed by atoms with E-state index in [4.69, 9.17) is 10.5 Å². The van der Waals surface area contributed by atoms with Crippen LogP contribution in [0.5, 0.6) is 0 Å². The van der Waals surface area contributed by atoms with Crippen LogP contribution in [-0.4, -0.2) is 26.3 Å². The first-order chi connectivity index (χ1) is 8.61. The van der Waals surface area contributed by atoms with E-state index < -0.39 is 0 Å². The van der Waals surface area contributed by atoms with Crippen LogP contribution in [0.1, 0.15) is 31.4 Å². The lowest BCUT2D eigenvalue weighted by atomic mass is 10.0. The molecule has 18 heavy (non-hydrogen) atoms. The Hall–Kier alpha value is -1.13. The Labute approximate surface area is 108 Å². The number of halogens is 1. The summed E-state index contributed by atoms with van der Waals surface area (Å²) in [7, 11) is 2.01. The minimum atomic E-state index is -0.302. The minimum Gasteiger partial charge on any atom is -0.381 e. The molecular formula is C14H21FN2O. The van der Waals surface area contributed by atoms with Gasteiger partial charge < -0.3 is 15.4 Å². The van der Waals surface area contributed by atoms with Crippen LogP contribution in [0.4, 0.5) is 10.1 Å². The molecule has 0 aromatic heterocycles. The second-order valence-electron chi connectivity index (χ2n) is 4.92. The van der Waals surface area contributed by atoms with Gasteiger partial charge in [0.15, 0.2) is 0 Å². The standard InChI is InChI=1S/C14H21FN2O/c1-10(16)14-12(15)4-3-5-13(14)17(2)11-6-8-18-9-7-11/h3-5,10-11H,6-9,16H2,1-2H3/t10-/m1/s1. The van der Waals surface area contributed by atoms with E-state index in [1.807, 2.05) is 20.0 Å². The van der Waals surface area contributed by atoms with E-state index in [0.717, 1.165) is 31.7 Å². The van der Waals surface area contributed by atoms with Gasteiger partial charge in [0.2, 0.25) is 0 Å². The first kappa shape index (κ1) is 13.3. The second kappa shape index (κ2) is 5.67. The third kappa shape index (κ3) is 2.65. The lowest BCUT2D eigenvalue weighted by Gasteiger charge is -2.34. The Bertz CT molecular complexity index is 403. The van der Waals surface area contributed by atoms with E-state index in [0.29, 0.717) is 11.6 Å². The summed E-state index contributed by atoms with van der Waals surface area (Å²) in [4.78, 5) is 2.14. The summed E-state index contributed by atoms with van der Waals surface area (Å²) < 4.78 is 19.3. The molecule has 0 amide bonds. The van der Waals surface area contributed by atoms with Crippen molar-refractivity contribution in [2.24, 2.45) is 5.73 Å². The van der Waals surface area contributed by atoms with E-state index in [2.05, 4.69) is 4.90 Å². The third-order valence-electron chi connectivity index (χ3n) is 3.60. The molecule has 1 aromatic rings. The molecule has 0 spiro atoms. The van der Waals surface area contributed by atoms with Crippen molar-refractivity contribution in [1.29, 1.82) is 0 Å². The predicted molar refractivity (Wildman–Crippen MR) is 71.2 cm³/mol. The summed E-state index contributed by atoms with van der Waals surface area (Å²) in [5, 5.41) is 0. The van der Waals surface area contributed by atoms with Gasteiger partial charge in [0.25, 0.3) is 0 Å². The minimum absolute atomic E-state index is 0.221. The van der Waals surface area contributed by atoms with Crippen molar-refractivity contribution in [2.45, 2.75) is 31.8 Å². The Morgan fingerprint density at radius 1 is 1.39 bits per heavy atom. The topological polar surface area (TPSA) is 38.5 Å². The highest BCUT2D eigenvalue weighted by Gasteiger charge is 2.22. The van der Waals surface area contributed by atoms with Crippen LogP contribution in [0.25, 0.3) is 0 Å². The molecule has 1 saturated heterocycles. The van der Waals surface area contributed by atoms with Crippen molar-refractivity contribution in [1.82, 2.24) is 0 Å². The highest BCUT2D eigenvalue weighted by atomic mass is 19.1.